The monoisotopic (exact) mass is 236 g/mol. The highest BCUT2D eigenvalue weighted by Crippen LogP contribution is 2.30. The first-order chi connectivity index (χ1) is 7.69. The van der Waals surface area contributed by atoms with E-state index in [2.05, 4.69) is 6.92 Å². The normalized spacial score (nSPS) is 9.75. The maximum Gasteiger partial charge on any atom is 0.284 e. The van der Waals surface area contributed by atoms with Crippen LogP contribution in [0.5, 0.6) is 0 Å². The van der Waals surface area contributed by atoms with Gasteiger partial charge in [0, 0.05) is 6.07 Å². The minimum Gasteiger partial charge on any atom is -0.258 e. The van der Waals surface area contributed by atoms with Crippen LogP contribution in [-0.2, 0) is 0 Å². The molecule has 0 saturated carbocycles. The molecule has 84 valence electrons. The molecule has 0 N–H and O–H groups in total. The van der Waals surface area contributed by atoms with Gasteiger partial charge in [0.05, 0.1) is 21.5 Å². The fourth-order valence-electron chi connectivity index (χ4n) is 1.18. The largest absolute Gasteiger partial charge is 0.284 e. The van der Waals surface area contributed by atoms with Crippen LogP contribution in [0.1, 0.15) is 25.3 Å². The van der Waals surface area contributed by atoms with E-state index in [0.717, 1.165) is 18.6 Å². The van der Waals surface area contributed by atoms with Crippen molar-refractivity contribution < 1.29 is 4.92 Å². The standard InChI is InChI=1S/C11H12N2O2S/c1-2-3-6-16-11-5-4-9(8-12)7-10(11)13(14)15/h4-5,7H,2-3,6H2,1H3. The van der Waals surface area contributed by atoms with Gasteiger partial charge in [-0.3, -0.25) is 10.1 Å². The second-order valence-corrected chi connectivity index (χ2v) is 4.39. The molecule has 0 bridgehead atoms. The van der Waals surface area contributed by atoms with Crippen LogP contribution in [0.25, 0.3) is 0 Å². The van der Waals surface area contributed by atoms with Gasteiger partial charge in [-0.2, -0.15) is 5.26 Å². The van der Waals surface area contributed by atoms with E-state index >= 15 is 0 Å². The van der Waals surface area contributed by atoms with Crippen molar-refractivity contribution in [2.75, 3.05) is 5.75 Å². The Hall–Kier alpha value is -1.54. The Bertz CT molecular complexity index is 426. The van der Waals surface area contributed by atoms with E-state index in [1.54, 1.807) is 12.1 Å². The Kier molecular flexibility index (Phi) is 4.80. The minimum atomic E-state index is -0.435. The second-order valence-electron chi connectivity index (χ2n) is 3.25. The molecule has 4 nitrogen and oxygen atoms in total. The smallest absolute Gasteiger partial charge is 0.258 e. The SMILES string of the molecule is CCCCSc1ccc(C#N)cc1[N+](=O)[O-]. The summed E-state index contributed by atoms with van der Waals surface area (Å²) in [5.74, 6) is 0.864. The first-order valence-electron chi connectivity index (χ1n) is 5.00. The molecule has 0 aliphatic carbocycles. The molecular formula is C11H12N2O2S. The average Bonchev–Trinajstić information content (AvgIpc) is 2.29. The maximum absolute atomic E-state index is 10.8. The van der Waals surface area contributed by atoms with Crippen LogP contribution in [0, 0.1) is 21.4 Å². The van der Waals surface area contributed by atoms with Crippen LogP contribution >= 0.6 is 11.8 Å². The van der Waals surface area contributed by atoms with Crippen molar-refractivity contribution in [3.05, 3.63) is 33.9 Å². The third kappa shape index (κ3) is 3.24. The highest BCUT2D eigenvalue weighted by atomic mass is 32.2. The molecule has 5 heteroatoms. The third-order valence-corrected chi connectivity index (χ3v) is 3.19. The average molecular weight is 236 g/mol. The number of nitrogens with zero attached hydrogens (tertiary/aromatic N) is 2. The van der Waals surface area contributed by atoms with Crippen molar-refractivity contribution in [1.29, 1.82) is 5.26 Å². The van der Waals surface area contributed by atoms with Crippen molar-refractivity contribution in [2.45, 2.75) is 24.7 Å². The Morgan fingerprint density at radius 3 is 2.88 bits per heavy atom. The first-order valence-corrected chi connectivity index (χ1v) is 5.99. The second kappa shape index (κ2) is 6.13. The van der Waals surface area contributed by atoms with Crippen LogP contribution in [0.2, 0.25) is 0 Å². The highest BCUT2D eigenvalue weighted by molar-refractivity contribution is 7.99. The van der Waals surface area contributed by atoms with Crippen LogP contribution in [0.15, 0.2) is 23.1 Å². The van der Waals surface area contributed by atoms with Crippen molar-refractivity contribution in [3.8, 4) is 6.07 Å². The van der Waals surface area contributed by atoms with Gasteiger partial charge in [0.1, 0.15) is 0 Å². The van der Waals surface area contributed by atoms with Gasteiger partial charge >= 0.3 is 0 Å². The van der Waals surface area contributed by atoms with Crippen LogP contribution in [0.3, 0.4) is 0 Å². The Morgan fingerprint density at radius 2 is 2.31 bits per heavy atom. The summed E-state index contributed by atoms with van der Waals surface area (Å²) >= 11 is 1.47. The molecule has 0 heterocycles. The van der Waals surface area contributed by atoms with E-state index in [0.29, 0.717) is 10.5 Å². The highest BCUT2D eigenvalue weighted by Gasteiger charge is 2.14. The van der Waals surface area contributed by atoms with Crippen LogP contribution in [0.4, 0.5) is 5.69 Å². The number of thioether (sulfide) groups is 1. The Balaban J connectivity index is 2.91. The molecule has 0 aliphatic heterocycles. The van der Waals surface area contributed by atoms with Gasteiger partial charge in [0.25, 0.3) is 5.69 Å². The zero-order valence-corrected chi connectivity index (χ0v) is 9.79. The van der Waals surface area contributed by atoms with Gasteiger partial charge < -0.3 is 0 Å². The zero-order valence-electron chi connectivity index (χ0n) is 8.97. The molecule has 0 amide bonds. The molecule has 0 aromatic heterocycles. The number of nitro benzene ring substituents is 1. The predicted molar refractivity (Wildman–Crippen MR) is 63.4 cm³/mol. The molecule has 0 atom stereocenters. The van der Waals surface area contributed by atoms with E-state index in [1.165, 1.54) is 17.8 Å². The summed E-state index contributed by atoms with van der Waals surface area (Å²) in [6.45, 7) is 2.08. The van der Waals surface area contributed by atoms with Crippen LogP contribution < -0.4 is 0 Å². The van der Waals surface area contributed by atoms with Gasteiger partial charge in [-0.05, 0) is 24.3 Å². The van der Waals surface area contributed by atoms with Gasteiger partial charge in [-0.1, -0.05) is 13.3 Å². The number of nitro groups is 1. The third-order valence-electron chi connectivity index (χ3n) is 2.04. The topological polar surface area (TPSA) is 66.9 Å². The fourth-order valence-corrected chi connectivity index (χ4v) is 2.28. The summed E-state index contributed by atoms with van der Waals surface area (Å²) in [7, 11) is 0. The molecule has 0 aliphatic rings. The molecule has 1 rings (SSSR count). The number of hydrogen-bond acceptors (Lipinski definition) is 4. The van der Waals surface area contributed by atoms with E-state index in [1.807, 2.05) is 6.07 Å². The number of hydrogen-bond donors (Lipinski definition) is 0. The van der Waals surface area contributed by atoms with Gasteiger partial charge in [-0.25, -0.2) is 0 Å². The number of nitriles is 1. The summed E-state index contributed by atoms with van der Waals surface area (Å²) in [5.41, 5.74) is 0.353. The van der Waals surface area contributed by atoms with Gasteiger partial charge in [0.15, 0.2) is 0 Å². The summed E-state index contributed by atoms with van der Waals surface area (Å²) in [6.07, 6.45) is 2.10. The summed E-state index contributed by atoms with van der Waals surface area (Å²) < 4.78 is 0. The van der Waals surface area contributed by atoms with Crippen LogP contribution in [-0.4, -0.2) is 10.7 Å². The number of benzene rings is 1. The molecular weight excluding hydrogens is 224 g/mol. The summed E-state index contributed by atoms with van der Waals surface area (Å²) in [6, 6.07) is 6.49. The lowest BCUT2D eigenvalue weighted by Crippen LogP contribution is -1.92. The predicted octanol–water partition coefficient (Wildman–Crippen LogP) is 3.36. The molecule has 0 spiro atoms. The van der Waals surface area contributed by atoms with E-state index in [4.69, 9.17) is 5.26 Å². The molecule has 0 saturated heterocycles. The Labute approximate surface area is 98.4 Å². The first kappa shape index (κ1) is 12.5. The number of unbranched alkanes of at least 4 members (excludes halogenated alkanes) is 1. The molecule has 16 heavy (non-hydrogen) atoms. The lowest BCUT2D eigenvalue weighted by molar-refractivity contribution is -0.387. The van der Waals surface area contributed by atoms with Gasteiger partial charge in [0.2, 0.25) is 0 Å². The quantitative estimate of drug-likeness (QED) is 0.340. The molecule has 0 fully saturated rings. The van der Waals surface area contributed by atoms with Crippen molar-refractivity contribution in [2.24, 2.45) is 0 Å². The fraction of sp³-hybridized carbons (Fsp3) is 0.364. The van der Waals surface area contributed by atoms with Crippen molar-refractivity contribution in [1.82, 2.24) is 0 Å². The summed E-state index contributed by atoms with van der Waals surface area (Å²) in [5, 5.41) is 19.5. The molecule has 1 aromatic rings. The molecule has 1 aromatic carbocycles. The number of rotatable bonds is 5. The van der Waals surface area contributed by atoms with Crippen molar-refractivity contribution >= 4 is 17.4 Å². The zero-order chi connectivity index (χ0) is 12.0. The molecule has 0 radical (unpaired) electrons. The summed E-state index contributed by atoms with van der Waals surface area (Å²) in [4.78, 5) is 11.0. The minimum absolute atomic E-state index is 0.0279. The van der Waals surface area contributed by atoms with E-state index in [9.17, 15) is 10.1 Å². The lowest BCUT2D eigenvalue weighted by Gasteiger charge is -2.02. The lowest BCUT2D eigenvalue weighted by atomic mass is 10.2. The molecule has 0 unspecified atom stereocenters. The Morgan fingerprint density at radius 1 is 1.56 bits per heavy atom. The van der Waals surface area contributed by atoms with E-state index < -0.39 is 4.92 Å². The van der Waals surface area contributed by atoms with Gasteiger partial charge in [-0.15, -0.1) is 11.8 Å². The van der Waals surface area contributed by atoms with Crippen molar-refractivity contribution in [3.63, 3.8) is 0 Å². The maximum atomic E-state index is 10.8. The van der Waals surface area contributed by atoms with E-state index in [-0.39, 0.29) is 5.69 Å².